The minimum absolute atomic E-state index is 0.119. The maximum absolute atomic E-state index is 14.5. The number of hydrogen-bond acceptors (Lipinski definition) is 7. The molecular weight excluding hydrogens is 695 g/mol. The van der Waals surface area contributed by atoms with Gasteiger partial charge in [-0.2, -0.15) is 0 Å². The number of rotatable bonds is 21. The summed E-state index contributed by atoms with van der Waals surface area (Å²) in [7, 11) is 1.73. The number of nitrogens with zero attached hydrogens (tertiary/aromatic N) is 1. The van der Waals surface area contributed by atoms with E-state index in [0.29, 0.717) is 23.2 Å². The number of aromatic nitrogens is 1. The van der Waals surface area contributed by atoms with Gasteiger partial charge in [0.1, 0.15) is 5.75 Å². The van der Waals surface area contributed by atoms with Crippen LogP contribution in [0.15, 0.2) is 33.9 Å². The van der Waals surface area contributed by atoms with Crippen LogP contribution < -0.4 is 15.9 Å². The van der Waals surface area contributed by atoms with Gasteiger partial charge in [0.25, 0.3) is 11.1 Å². The van der Waals surface area contributed by atoms with Crippen molar-refractivity contribution < 1.29 is 4.74 Å². The summed E-state index contributed by atoms with van der Waals surface area (Å²) in [6, 6.07) is 8.40. The Hall–Kier alpha value is -2.26. The number of unbranched alkanes of at least 4 members (excludes halogenated alkanes) is 12. The highest BCUT2D eigenvalue weighted by Crippen LogP contribution is 2.49. The lowest BCUT2D eigenvalue weighted by atomic mass is 9.93. The Bertz CT molecular complexity index is 1960. The molecule has 0 N–H and O–H groups in total. The zero-order valence-corrected chi connectivity index (χ0v) is 34.5. The first kappa shape index (κ1) is 39.0. The van der Waals surface area contributed by atoms with E-state index in [4.69, 9.17) is 4.74 Å². The normalized spacial score (nSPS) is 12.4. The fourth-order valence-electron chi connectivity index (χ4n) is 7.27. The van der Waals surface area contributed by atoms with Gasteiger partial charge in [0, 0.05) is 32.1 Å². The predicted molar refractivity (Wildman–Crippen MR) is 224 cm³/mol. The molecule has 0 aliphatic carbocycles. The molecule has 5 aromatic rings. The molecule has 0 bridgehead atoms. The second-order valence-electron chi connectivity index (χ2n) is 14.2. The summed E-state index contributed by atoms with van der Waals surface area (Å²) in [6.45, 7) is 11.4. The molecule has 5 heterocycles. The average Bonchev–Trinajstić information content (AvgIpc) is 3.88. The second kappa shape index (κ2) is 19.0. The summed E-state index contributed by atoms with van der Waals surface area (Å²) >= 11 is 6.80. The van der Waals surface area contributed by atoms with E-state index in [1.54, 1.807) is 57.0 Å². The Labute approximate surface area is 315 Å². The van der Waals surface area contributed by atoms with Crippen LogP contribution in [0, 0.1) is 26.7 Å². The number of methoxy groups -OCH3 is 1. The third-order valence-electron chi connectivity index (χ3n) is 10.0. The molecule has 4 nitrogen and oxygen atoms in total. The van der Waals surface area contributed by atoms with Gasteiger partial charge in [-0.05, 0) is 63.3 Å². The topological polar surface area (TPSA) is 48.3 Å². The monoisotopic (exact) mass is 751 g/mol. The highest BCUT2D eigenvalue weighted by Gasteiger charge is 2.22. The molecule has 8 heteroatoms. The fourth-order valence-corrected chi connectivity index (χ4v) is 12.0. The van der Waals surface area contributed by atoms with Crippen molar-refractivity contribution in [3.05, 3.63) is 60.3 Å². The quantitative estimate of drug-likeness (QED) is 0.0702. The lowest BCUT2D eigenvalue weighted by molar-refractivity contribution is 0.351. The first-order valence-electron chi connectivity index (χ1n) is 19.1. The molecule has 5 rings (SSSR count). The molecule has 0 saturated heterocycles. The lowest BCUT2D eigenvalue weighted by Crippen LogP contribution is -2.33. The van der Waals surface area contributed by atoms with Crippen LogP contribution in [0.3, 0.4) is 0 Å². The molecule has 5 aromatic heterocycles. The summed E-state index contributed by atoms with van der Waals surface area (Å²) in [5.41, 5.74) is 1.00. The molecule has 1 unspecified atom stereocenters. The first-order chi connectivity index (χ1) is 24.2. The Morgan fingerprint density at radius 3 is 1.68 bits per heavy atom. The molecule has 0 fully saturated rings. The van der Waals surface area contributed by atoms with Crippen molar-refractivity contribution in [1.29, 1.82) is 0 Å². The van der Waals surface area contributed by atoms with Gasteiger partial charge in [0.05, 0.1) is 37.0 Å². The van der Waals surface area contributed by atoms with Crippen molar-refractivity contribution in [3.63, 3.8) is 0 Å². The van der Waals surface area contributed by atoms with Crippen molar-refractivity contribution >= 4 is 65.5 Å². The van der Waals surface area contributed by atoms with Crippen molar-refractivity contribution in [3.8, 4) is 25.3 Å². The minimum atomic E-state index is -0.133. The van der Waals surface area contributed by atoms with Crippen molar-refractivity contribution in [2.24, 2.45) is 5.92 Å². The van der Waals surface area contributed by atoms with Crippen LogP contribution in [0.1, 0.15) is 132 Å². The standard InChI is InChI=1S/C42H57NO3S4/c1-7-9-11-13-15-16-18-20-22-31(21-19-17-14-12-10-8-2)27-43-41(44)32-24-30(5)48-38(32)39-33(42(43)45)25-35(49-39)36-26-34(46-6)40(50-36)37-28(3)23-29(4)47-37/h23-26,31H,7-22,27H2,1-6H3. The van der Waals surface area contributed by atoms with E-state index in [1.807, 2.05) is 6.07 Å². The van der Waals surface area contributed by atoms with Gasteiger partial charge >= 0.3 is 0 Å². The number of fused-ring (bicyclic) bond motifs is 3. The molecule has 1 atom stereocenters. The van der Waals surface area contributed by atoms with Gasteiger partial charge < -0.3 is 4.74 Å². The van der Waals surface area contributed by atoms with E-state index in [-0.39, 0.29) is 11.1 Å². The summed E-state index contributed by atoms with van der Waals surface area (Å²) in [6.07, 6.45) is 20.0. The molecule has 50 heavy (non-hydrogen) atoms. The average molecular weight is 752 g/mol. The third-order valence-corrected chi connectivity index (χ3v) is 15.0. The first-order valence-corrected chi connectivity index (χ1v) is 22.4. The molecular formula is C42H57NO3S4. The molecule has 0 saturated carbocycles. The maximum atomic E-state index is 14.5. The van der Waals surface area contributed by atoms with E-state index in [1.165, 1.54) is 105 Å². The van der Waals surface area contributed by atoms with Crippen LogP contribution in [0.2, 0.25) is 0 Å². The van der Waals surface area contributed by atoms with Crippen LogP contribution in [0.25, 0.3) is 39.7 Å². The fraction of sp³-hybridized carbons (Fsp3) is 0.571. The SMILES string of the molecule is CCCCCCCCCCC(CCCCCCCC)Cn1c(=O)c2cc(C)sc2c2sc(-c3cc(OC)c(-c4sc(C)cc4C)s3)cc2c1=O. The van der Waals surface area contributed by atoms with Crippen LogP contribution >= 0.6 is 45.3 Å². The Morgan fingerprint density at radius 2 is 1.12 bits per heavy atom. The number of aryl methyl sites for hydroxylation is 3. The molecule has 0 amide bonds. The van der Waals surface area contributed by atoms with Crippen LogP contribution in [0.5, 0.6) is 5.75 Å². The molecule has 0 aliphatic rings. The van der Waals surface area contributed by atoms with Crippen molar-refractivity contribution in [2.45, 2.75) is 144 Å². The molecule has 0 radical (unpaired) electrons. The van der Waals surface area contributed by atoms with Crippen molar-refractivity contribution in [2.75, 3.05) is 7.11 Å². The summed E-state index contributed by atoms with van der Waals surface area (Å²) in [4.78, 5) is 35.7. The van der Waals surface area contributed by atoms with E-state index in [0.717, 1.165) is 47.5 Å². The molecule has 272 valence electrons. The van der Waals surface area contributed by atoms with E-state index < -0.39 is 0 Å². The van der Waals surface area contributed by atoms with Crippen LogP contribution in [-0.4, -0.2) is 11.7 Å². The predicted octanol–water partition coefficient (Wildman–Crippen LogP) is 13.9. The Balaban J connectivity index is 1.47. The summed E-state index contributed by atoms with van der Waals surface area (Å²) in [5, 5.41) is 1.36. The largest absolute Gasteiger partial charge is 0.495 e. The van der Waals surface area contributed by atoms with E-state index in [2.05, 4.69) is 52.8 Å². The molecule has 0 spiro atoms. The van der Waals surface area contributed by atoms with E-state index in [9.17, 15) is 9.59 Å². The van der Waals surface area contributed by atoms with Gasteiger partial charge in [-0.1, -0.05) is 104 Å². The Kier molecular flexibility index (Phi) is 14.8. The Morgan fingerprint density at radius 1 is 0.600 bits per heavy atom. The van der Waals surface area contributed by atoms with Gasteiger partial charge in [0.15, 0.2) is 0 Å². The maximum Gasteiger partial charge on any atom is 0.262 e. The van der Waals surface area contributed by atoms with Gasteiger partial charge in [-0.25, -0.2) is 0 Å². The van der Waals surface area contributed by atoms with Crippen molar-refractivity contribution in [1.82, 2.24) is 4.57 Å². The van der Waals surface area contributed by atoms with Gasteiger partial charge in [0.2, 0.25) is 0 Å². The third kappa shape index (κ3) is 9.58. The number of ether oxygens (including phenoxy) is 1. The van der Waals surface area contributed by atoms with Crippen LogP contribution in [0.4, 0.5) is 0 Å². The summed E-state index contributed by atoms with van der Waals surface area (Å²) in [5.74, 6) is 1.20. The minimum Gasteiger partial charge on any atom is -0.495 e. The zero-order valence-electron chi connectivity index (χ0n) is 31.2. The number of thiophene rings is 4. The molecule has 0 aliphatic heterocycles. The smallest absolute Gasteiger partial charge is 0.262 e. The number of hydrogen-bond donors (Lipinski definition) is 0. The zero-order chi connectivity index (χ0) is 35.6. The molecule has 0 aromatic carbocycles. The highest BCUT2D eigenvalue weighted by atomic mass is 32.1. The van der Waals surface area contributed by atoms with E-state index >= 15 is 0 Å². The highest BCUT2D eigenvalue weighted by molar-refractivity contribution is 7.31. The second-order valence-corrected chi connectivity index (χ2v) is 18.9. The lowest BCUT2D eigenvalue weighted by Gasteiger charge is -2.17. The van der Waals surface area contributed by atoms with Gasteiger partial charge in [-0.3, -0.25) is 14.2 Å². The summed E-state index contributed by atoms with van der Waals surface area (Å²) < 4.78 is 9.37. The van der Waals surface area contributed by atoms with Gasteiger partial charge in [-0.15, -0.1) is 45.3 Å². The van der Waals surface area contributed by atoms with Crippen LogP contribution in [-0.2, 0) is 6.54 Å².